The maximum atomic E-state index is 12.1. The summed E-state index contributed by atoms with van der Waals surface area (Å²) in [6, 6.07) is 5.99. The van der Waals surface area contributed by atoms with E-state index in [9.17, 15) is 4.79 Å². The number of halogens is 1. The molecular formula is C17H24BrN3O2. The molecule has 126 valence electrons. The average molecular weight is 382 g/mol. The number of benzene rings is 1. The van der Waals surface area contributed by atoms with E-state index in [4.69, 9.17) is 4.74 Å². The summed E-state index contributed by atoms with van der Waals surface area (Å²) in [5.74, 6) is 0. The quantitative estimate of drug-likeness (QED) is 0.768. The van der Waals surface area contributed by atoms with Crippen LogP contribution >= 0.6 is 15.9 Å². The molecule has 0 saturated carbocycles. The molecule has 2 aromatic rings. The summed E-state index contributed by atoms with van der Waals surface area (Å²) in [6.45, 7) is 9.72. The molecule has 0 aliphatic rings. The third-order valence-corrected chi connectivity index (χ3v) is 4.09. The Morgan fingerprint density at radius 2 is 2.13 bits per heavy atom. The van der Waals surface area contributed by atoms with E-state index in [0.29, 0.717) is 13.1 Å². The van der Waals surface area contributed by atoms with Crippen LogP contribution in [-0.2, 0) is 11.3 Å². The highest BCUT2D eigenvalue weighted by molar-refractivity contribution is 9.10. The van der Waals surface area contributed by atoms with Crippen molar-refractivity contribution in [2.24, 2.45) is 0 Å². The van der Waals surface area contributed by atoms with Crippen molar-refractivity contribution in [2.75, 3.05) is 13.1 Å². The van der Waals surface area contributed by atoms with Crippen LogP contribution in [0.25, 0.3) is 11.0 Å². The summed E-state index contributed by atoms with van der Waals surface area (Å²) in [6.07, 6.45) is 2.44. The fraction of sp³-hybridized carbons (Fsp3) is 0.529. The fourth-order valence-electron chi connectivity index (χ4n) is 2.39. The van der Waals surface area contributed by atoms with Gasteiger partial charge in [0.2, 0.25) is 0 Å². The van der Waals surface area contributed by atoms with Gasteiger partial charge in [-0.2, -0.15) is 0 Å². The maximum absolute atomic E-state index is 12.1. The fourth-order valence-corrected chi connectivity index (χ4v) is 2.97. The number of nitrogens with zero attached hydrogens (tertiary/aromatic N) is 3. The number of aromatic nitrogens is 2. The number of hydrogen-bond donors (Lipinski definition) is 0. The molecule has 0 bridgehead atoms. The van der Waals surface area contributed by atoms with E-state index in [1.54, 1.807) is 4.90 Å². The van der Waals surface area contributed by atoms with Crippen molar-refractivity contribution >= 4 is 33.1 Å². The van der Waals surface area contributed by atoms with Crippen molar-refractivity contribution in [3.05, 3.63) is 29.0 Å². The lowest BCUT2D eigenvalue weighted by atomic mass is 10.2. The van der Waals surface area contributed by atoms with E-state index in [1.165, 1.54) is 0 Å². The van der Waals surface area contributed by atoms with Crippen molar-refractivity contribution in [1.82, 2.24) is 14.5 Å². The van der Waals surface area contributed by atoms with E-state index >= 15 is 0 Å². The standard InChI is InChI=1S/C17H24BrN3O2/c1-5-20(16(22)23-17(2,3)4)10-7-11-21-12-19-14-9-6-8-13(18)15(14)21/h6,8-9,12H,5,7,10-11H2,1-4H3. The van der Waals surface area contributed by atoms with Crippen LogP contribution in [0.4, 0.5) is 4.79 Å². The van der Waals surface area contributed by atoms with Gasteiger partial charge in [0.1, 0.15) is 5.60 Å². The van der Waals surface area contributed by atoms with Crippen LogP contribution in [0, 0.1) is 0 Å². The number of hydrogen-bond acceptors (Lipinski definition) is 3. The summed E-state index contributed by atoms with van der Waals surface area (Å²) in [5.41, 5.74) is 1.60. The number of amides is 1. The minimum Gasteiger partial charge on any atom is -0.444 e. The SMILES string of the molecule is CCN(CCCn1cnc2cccc(Br)c21)C(=O)OC(C)(C)C. The number of carbonyl (C=O) groups is 1. The monoisotopic (exact) mass is 381 g/mol. The molecule has 0 unspecified atom stereocenters. The van der Waals surface area contributed by atoms with Gasteiger partial charge in [-0.15, -0.1) is 0 Å². The number of para-hydroxylation sites is 1. The second kappa shape index (κ2) is 7.34. The van der Waals surface area contributed by atoms with E-state index in [-0.39, 0.29) is 6.09 Å². The lowest BCUT2D eigenvalue weighted by Crippen LogP contribution is -2.37. The normalized spacial score (nSPS) is 11.7. The summed E-state index contributed by atoms with van der Waals surface area (Å²) in [7, 11) is 0. The first-order chi connectivity index (χ1) is 10.8. The Hall–Kier alpha value is -1.56. The van der Waals surface area contributed by atoms with Crippen LogP contribution < -0.4 is 0 Å². The zero-order chi connectivity index (χ0) is 17.0. The predicted molar refractivity (Wildman–Crippen MR) is 95.5 cm³/mol. The van der Waals surface area contributed by atoms with Crippen molar-refractivity contribution < 1.29 is 9.53 Å². The van der Waals surface area contributed by atoms with E-state index in [0.717, 1.165) is 28.5 Å². The molecule has 0 aliphatic heterocycles. The Balaban J connectivity index is 1.96. The first-order valence-corrected chi connectivity index (χ1v) is 8.68. The van der Waals surface area contributed by atoms with Gasteiger partial charge >= 0.3 is 6.09 Å². The molecule has 0 saturated heterocycles. The van der Waals surface area contributed by atoms with Crippen LogP contribution in [0.2, 0.25) is 0 Å². The number of imidazole rings is 1. The molecule has 1 heterocycles. The van der Waals surface area contributed by atoms with Crippen molar-refractivity contribution in [3.8, 4) is 0 Å². The molecule has 0 fully saturated rings. The summed E-state index contributed by atoms with van der Waals surface area (Å²) in [5, 5.41) is 0. The van der Waals surface area contributed by atoms with Crippen molar-refractivity contribution in [3.63, 3.8) is 0 Å². The lowest BCUT2D eigenvalue weighted by Gasteiger charge is -2.26. The Labute approximate surface area is 145 Å². The van der Waals surface area contributed by atoms with Gasteiger partial charge in [-0.05, 0) is 62.2 Å². The average Bonchev–Trinajstić information content (AvgIpc) is 2.86. The predicted octanol–water partition coefficient (Wildman–Crippen LogP) is 4.45. The zero-order valence-corrected chi connectivity index (χ0v) is 15.8. The molecule has 6 heteroatoms. The molecule has 0 spiro atoms. The number of ether oxygens (including phenoxy) is 1. The molecule has 1 aromatic heterocycles. The molecule has 0 N–H and O–H groups in total. The zero-order valence-electron chi connectivity index (χ0n) is 14.2. The highest BCUT2D eigenvalue weighted by atomic mass is 79.9. The van der Waals surface area contributed by atoms with Crippen LogP contribution in [0.1, 0.15) is 34.1 Å². The van der Waals surface area contributed by atoms with Crippen molar-refractivity contribution in [1.29, 1.82) is 0 Å². The number of rotatable bonds is 5. The molecule has 5 nitrogen and oxygen atoms in total. The Morgan fingerprint density at radius 1 is 1.39 bits per heavy atom. The first kappa shape index (κ1) is 17.8. The molecular weight excluding hydrogens is 358 g/mol. The Bertz CT molecular complexity index is 676. The Morgan fingerprint density at radius 3 is 2.78 bits per heavy atom. The van der Waals surface area contributed by atoms with Gasteiger partial charge in [0, 0.05) is 24.1 Å². The van der Waals surface area contributed by atoms with Gasteiger partial charge in [-0.1, -0.05) is 6.07 Å². The van der Waals surface area contributed by atoms with E-state index in [1.807, 2.05) is 52.2 Å². The molecule has 0 atom stereocenters. The van der Waals surface area contributed by atoms with E-state index in [2.05, 4.69) is 25.5 Å². The maximum Gasteiger partial charge on any atom is 0.410 e. The highest BCUT2D eigenvalue weighted by Gasteiger charge is 2.20. The van der Waals surface area contributed by atoms with Gasteiger partial charge in [-0.3, -0.25) is 0 Å². The number of fused-ring (bicyclic) bond motifs is 1. The third-order valence-electron chi connectivity index (χ3n) is 3.45. The van der Waals surface area contributed by atoms with Gasteiger partial charge in [0.05, 0.1) is 17.4 Å². The third kappa shape index (κ3) is 4.70. The second-order valence-electron chi connectivity index (χ2n) is 6.46. The molecule has 0 aliphatic carbocycles. The summed E-state index contributed by atoms with van der Waals surface area (Å²) >= 11 is 3.57. The van der Waals surface area contributed by atoms with Gasteiger partial charge < -0.3 is 14.2 Å². The molecule has 1 aromatic carbocycles. The summed E-state index contributed by atoms with van der Waals surface area (Å²) < 4.78 is 8.58. The topological polar surface area (TPSA) is 47.4 Å². The Kier molecular flexibility index (Phi) is 5.68. The lowest BCUT2D eigenvalue weighted by molar-refractivity contribution is 0.0256. The highest BCUT2D eigenvalue weighted by Crippen LogP contribution is 2.23. The van der Waals surface area contributed by atoms with Gasteiger partial charge in [0.15, 0.2) is 0 Å². The summed E-state index contributed by atoms with van der Waals surface area (Å²) in [4.78, 5) is 18.3. The van der Waals surface area contributed by atoms with E-state index < -0.39 is 5.60 Å². The van der Waals surface area contributed by atoms with Crippen molar-refractivity contribution in [2.45, 2.75) is 46.3 Å². The number of aryl methyl sites for hydroxylation is 1. The minimum atomic E-state index is -0.462. The van der Waals surface area contributed by atoms with Crippen LogP contribution in [0.5, 0.6) is 0 Å². The molecule has 1 amide bonds. The molecule has 23 heavy (non-hydrogen) atoms. The smallest absolute Gasteiger partial charge is 0.410 e. The van der Waals surface area contributed by atoms with Crippen LogP contribution in [0.15, 0.2) is 29.0 Å². The molecule has 0 radical (unpaired) electrons. The first-order valence-electron chi connectivity index (χ1n) is 7.89. The van der Waals surface area contributed by atoms with Crippen LogP contribution in [-0.4, -0.2) is 39.2 Å². The van der Waals surface area contributed by atoms with Crippen LogP contribution in [0.3, 0.4) is 0 Å². The minimum absolute atomic E-state index is 0.253. The molecule has 2 rings (SSSR count). The van der Waals surface area contributed by atoms with Gasteiger partial charge in [-0.25, -0.2) is 9.78 Å². The largest absolute Gasteiger partial charge is 0.444 e. The van der Waals surface area contributed by atoms with Gasteiger partial charge in [0.25, 0.3) is 0 Å². The number of carbonyl (C=O) groups excluding carboxylic acids is 1. The second-order valence-corrected chi connectivity index (χ2v) is 7.31.